The fraction of sp³-hybridized carbons (Fsp3) is 0.375. The molecule has 3 rings (SSSR count). The summed E-state index contributed by atoms with van der Waals surface area (Å²) in [6.45, 7) is 11.3. The number of piperazine rings is 1. The van der Waals surface area contributed by atoms with Crippen LogP contribution in [0.25, 0.3) is 0 Å². The SMILES string of the molecule is CC(=O)c1cccc(NC(=O)c2ccc(N3CCNCC3)cc2)c1.CC(C)(C)OC=O. The van der Waals surface area contributed by atoms with Gasteiger partial charge in [0.2, 0.25) is 0 Å². The number of nitrogens with one attached hydrogen (secondary N) is 2. The second-order valence-electron chi connectivity index (χ2n) is 8.20. The first-order valence-electron chi connectivity index (χ1n) is 10.3. The molecule has 0 saturated carbocycles. The fourth-order valence-corrected chi connectivity index (χ4v) is 2.91. The van der Waals surface area contributed by atoms with Gasteiger partial charge in [0.05, 0.1) is 0 Å². The lowest BCUT2D eigenvalue weighted by atomic mass is 10.1. The Morgan fingerprint density at radius 2 is 1.68 bits per heavy atom. The van der Waals surface area contributed by atoms with Gasteiger partial charge in [0.1, 0.15) is 5.60 Å². The fourth-order valence-electron chi connectivity index (χ4n) is 2.91. The normalized spacial score (nSPS) is 13.5. The number of carbonyl (C=O) groups excluding carboxylic acids is 3. The Kier molecular flexibility index (Phi) is 8.75. The molecule has 0 aromatic heterocycles. The van der Waals surface area contributed by atoms with Gasteiger partial charge in [-0.05, 0) is 64.1 Å². The predicted octanol–water partition coefficient (Wildman–Crippen LogP) is 3.51. The molecule has 0 atom stereocenters. The number of hydrogen-bond donors (Lipinski definition) is 2. The molecule has 2 N–H and O–H groups in total. The van der Waals surface area contributed by atoms with Crippen LogP contribution in [0.4, 0.5) is 11.4 Å². The van der Waals surface area contributed by atoms with E-state index < -0.39 is 0 Å². The minimum atomic E-state index is -0.318. The number of Topliss-reactive ketones (excluding diaryl/α,β-unsaturated/α-hetero) is 1. The van der Waals surface area contributed by atoms with E-state index in [1.807, 2.05) is 45.0 Å². The molecule has 0 unspecified atom stereocenters. The quantitative estimate of drug-likeness (QED) is 0.563. The summed E-state index contributed by atoms with van der Waals surface area (Å²) in [5, 5.41) is 6.16. The van der Waals surface area contributed by atoms with E-state index in [1.165, 1.54) is 6.92 Å². The van der Waals surface area contributed by atoms with Gasteiger partial charge in [-0.1, -0.05) is 12.1 Å². The minimum absolute atomic E-state index is 0.0218. The molecule has 1 saturated heterocycles. The number of ketones is 1. The number of hydrogen-bond acceptors (Lipinski definition) is 6. The van der Waals surface area contributed by atoms with Crippen LogP contribution in [0.3, 0.4) is 0 Å². The van der Waals surface area contributed by atoms with E-state index >= 15 is 0 Å². The van der Waals surface area contributed by atoms with E-state index in [0.717, 1.165) is 31.9 Å². The van der Waals surface area contributed by atoms with E-state index in [-0.39, 0.29) is 17.3 Å². The summed E-state index contributed by atoms with van der Waals surface area (Å²) in [5.74, 6) is -0.200. The highest BCUT2D eigenvalue weighted by molar-refractivity contribution is 6.05. The average Bonchev–Trinajstić information content (AvgIpc) is 2.74. The number of carbonyl (C=O) groups is 3. The van der Waals surface area contributed by atoms with Crippen LogP contribution in [0.1, 0.15) is 48.4 Å². The maximum atomic E-state index is 12.4. The van der Waals surface area contributed by atoms with Crippen LogP contribution < -0.4 is 15.5 Å². The molecule has 166 valence electrons. The molecule has 1 heterocycles. The zero-order chi connectivity index (χ0) is 22.9. The predicted molar refractivity (Wildman–Crippen MR) is 123 cm³/mol. The Hall–Kier alpha value is -3.19. The Balaban J connectivity index is 0.000000423. The molecule has 7 heteroatoms. The van der Waals surface area contributed by atoms with Crippen LogP contribution in [0.15, 0.2) is 48.5 Å². The lowest BCUT2D eigenvalue weighted by Crippen LogP contribution is -2.43. The summed E-state index contributed by atoms with van der Waals surface area (Å²) in [6.07, 6.45) is 0. The minimum Gasteiger partial charge on any atom is -0.462 e. The van der Waals surface area contributed by atoms with E-state index in [0.29, 0.717) is 23.3 Å². The maximum absolute atomic E-state index is 12.4. The van der Waals surface area contributed by atoms with Crippen LogP contribution >= 0.6 is 0 Å². The zero-order valence-electron chi connectivity index (χ0n) is 18.6. The number of anilines is 2. The summed E-state index contributed by atoms with van der Waals surface area (Å²) >= 11 is 0. The molecule has 7 nitrogen and oxygen atoms in total. The summed E-state index contributed by atoms with van der Waals surface area (Å²) in [4.78, 5) is 35.7. The average molecular weight is 426 g/mol. The maximum Gasteiger partial charge on any atom is 0.293 e. The molecule has 1 aliphatic heterocycles. The Morgan fingerprint density at radius 1 is 1.03 bits per heavy atom. The highest BCUT2D eigenvalue weighted by Crippen LogP contribution is 2.17. The molecular formula is C24H31N3O4. The second kappa shape index (κ2) is 11.3. The van der Waals surface area contributed by atoms with Crippen LogP contribution in [0.5, 0.6) is 0 Å². The first kappa shape index (κ1) is 24.1. The zero-order valence-corrected chi connectivity index (χ0v) is 18.6. The molecular weight excluding hydrogens is 394 g/mol. The van der Waals surface area contributed by atoms with E-state index in [1.54, 1.807) is 24.3 Å². The molecule has 31 heavy (non-hydrogen) atoms. The van der Waals surface area contributed by atoms with Gasteiger partial charge >= 0.3 is 0 Å². The molecule has 1 amide bonds. The third-order valence-corrected chi connectivity index (χ3v) is 4.54. The Morgan fingerprint density at radius 3 is 2.19 bits per heavy atom. The second-order valence-corrected chi connectivity index (χ2v) is 8.20. The van der Waals surface area contributed by atoms with Crippen molar-refractivity contribution in [3.05, 3.63) is 59.7 Å². The van der Waals surface area contributed by atoms with Gasteiger partial charge in [-0.15, -0.1) is 0 Å². The number of nitrogens with zero attached hydrogens (tertiary/aromatic N) is 1. The van der Waals surface area contributed by atoms with Gasteiger partial charge < -0.3 is 20.3 Å². The Bertz CT molecular complexity index is 882. The summed E-state index contributed by atoms with van der Waals surface area (Å²) in [7, 11) is 0. The van der Waals surface area contributed by atoms with Gasteiger partial charge in [0.15, 0.2) is 5.78 Å². The van der Waals surface area contributed by atoms with Crippen molar-refractivity contribution in [2.24, 2.45) is 0 Å². The van der Waals surface area contributed by atoms with E-state index in [4.69, 9.17) is 0 Å². The van der Waals surface area contributed by atoms with Crippen molar-refractivity contribution in [2.75, 3.05) is 36.4 Å². The first-order chi connectivity index (χ1) is 14.7. The molecule has 1 aliphatic rings. The van der Waals surface area contributed by atoms with E-state index in [2.05, 4.69) is 20.3 Å². The van der Waals surface area contributed by atoms with Crippen molar-refractivity contribution < 1.29 is 19.1 Å². The van der Waals surface area contributed by atoms with Gasteiger partial charge in [0.25, 0.3) is 12.4 Å². The lowest BCUT2D eigenvalue weighted by molar-refractivity contribution is -0.138. The van der Waals surface area contributed by atoms with Gasteiger partial charge in [-0.25, -0.2) is 0 Å². The smallest absolute Gasteiger partial charge is 0.293 e. The van der Waals surface area contributed by atoms with Crippen LogP contribution in [0, 0.1) is 0 Å². The monoisotopic (exact) mass is 425 g/mol. The van der Waals surface area contributed by atoms with Gasteiger partial charge in [0, 0.05) is 48.7 Å². The topological polar surface area (TPSA) is 87.7 Å². The van der Waals surface area contributed by atoms with Crippen LogP contribution in [0.2, 0.25) is 0 Å². The highest BCUT2D eigenvalue weighted by atomic mass is 16.5. The third kappa shape index (κ3) is 8.22. The molecule has 1 fully saturated rings. The van der Waals surface area contributed by atoms with Gasteiger partial charge in [-0.2, -0.15) is 0 Å². The third-order valence-electron chi connectivity index (χ3n) is 4.54. The van der Waals surface area contributed by atoms with Crippen molar-refractivity contribution in [2.45, 2.75) is 33.3 Å². The van der Waals surface area contributed by atoms with Crippen molar-refractivity contribution >= 4 is 29.5 Å². The molecule has 0 bridgehead atoms. The Labute approximate surface area is 183 Å². The summed E-state index contributed by atoms with van der Waals surface area (Å²) in [6, 6.07) is 14.6. The molecule has 2 aromatic rings. The number of benzene rings is 2. The molecule has 0 radical (unpaired) electrons. The number of amides is 1. The lowest BCUT2D eigenvalue weighted by Gasteiger charge is -2.29. The van der Waals surface area contributed by atoms with Gasteiger partial charge in [-0.3, -0.25) is 14.4 Å². The van der Waals surface area contributed by atoms with Crippen molar-refractivity contribution in [3.63, 3.8) is 0 Å². The molecule has 2 aromatic carbocycles. The largest absolute Gasteiger partial charge is 0.462 e. The summed E-state index contributed by atoms with van der Waals surface area (Å²) in [5.41, 5.74) is 2.62. The number of ether oxygens (including phenoxy) is 1. The summed E-state index contributed by atoms with van der Waals surface area (Å²) < 4.78 is 4.55. The van der Waals surface area contributed by atoms with E-state index in [9.17, 15) is 14.4 Å². The first-order valence-corrected chi connectivity index (χ1v) is 10.3. The van der Waals surface area contributed by atoms with Crippen molar-refractivity contribution in [3.8, 4) is 0 Å². The van der Waals surface area contributed by atoms with Crippen LogP contribution in [-0.4, -0.2) is 49.9 Å². The molecule has 0 aliphatic carbocycles. The number of rotatable bonds is 5. The van der Waals surface area contributed by atoms with Crippen molar-refractivity contribution in [1.82, 2.24) is 5.32 Å². The van der Waals surface area contributed by atoms with Crippen LogP contribution in [-0.2, 0) is 9.53 Å². The highest BCUT2D eigenvalue weighted by Gasteiger charge is 2.12. The van der Waals surface area contributed by atoms with Crippen molar-refractivity contribution in [1.29, 1.82) is 0 Å². The molecule has 0 spiro atoms. The standard InChI is InChI=1S/C19H21N3O2.C5H10O2/c1-14(23)16-3-2-4-17(13-16)21-19(24)15-5-7-18(8-6-15)22-11-9-20-10-12-22;1-5(2,3)7-4-6/h2-8,13,20H,9-12H2,1H3,(H,21,24);4H,1-3H3.